The lowest BCUT2D eigenvalue weighted by Crippen LogP contribution is -2.59. The van der Waals surface area contributed by atoms with Gasteiger partial charge in [0.05, 0.1) is 19.3 Å². The average molecular weight is 390 g/mol. The summed E-state index contributed by atoms with van der Waals surface area (Å²) in [6, 6.07) is -5.28. The molecule has 0 aromatic heterocycles. The van der Waals surface area contributed by atoms with Crippen LogP contribution in [0.3, 0.4) is 0 Å². The molecule has 5 atom stereocenters. The normalized spacial score (nSPS) is 21.1. The Morgan fingerprint density at radius 3 is 2.15 bits per heavy atom. The molecule has 0 spiro atoms. The van der Waals surface area contributed by atoms with Crippen LogP contribution in [0.5, 0.6) is 0 Å². The Kier molecular flexibility index (Phi) is 8.56. The van der Waals surface area contributed by atoms with Crippen molar-refractivity contribution in [1.82, 2.24) is 15.5 Å². The maximum absolute atomic E-state index is 12.4. The first-order chi connectivity index (χ1) is 12.6. The van der Waals surface area contributed by atoms with Gasteiger partial charge in [0.1, 0.15) is 24.2 Å². The maximum atomic E-state index is 12.4. The summed E-state index contributed by atoms with van der Waals surface area (Å²) in [5.74, 6) is -3.82. The number of carboxylic acids is 1. The summed E-state index contributed by atoms with van der Waals surface area (Å²) in [6.07, 6.45) is -0.455. The molecule has 0 saturated carbocycles. The van der Waals surface area contributed by atoms with E-state index in [4.69, 9.17) is 10.8 Å². The van der Waals surface area contributed by atoms with Gasteiger partial charge in [-0.05, 0) is 19.8 Å². The van der Waals surface area contributed by atoms with Crippen LogP contribution in [-0.4, -0.2) is 99.0 Å². The molecular formula is C15H26N4O8. The highest BCUT2D eigenvalue weighted by atomic mass is 16.4. The third kappa shape index (κ3) is 5.85. The molecule has 154 valence electrons. The number of aliphatic hydroxyl groups is 3. The summed E-state index contributed by atoms with van der Waals surface area (Å²) in [4.78, 5) is 48.7. The Morgan fingerprint density at radius 1 is 1.11 bits per heavy atom. The number of nitrogens with two attached hydrogens (primary N) is 1. The molecule has 3 amide bonds. The van der Waals surface area contributed by atoms with Crippen LogP contribution in [0.4, 0.5) is 0 Å². The van der Waals surface area contributed by atoms with Crippen LogP contribution in [0.1, 0.15) is 19.8 Å². The molecule has 8 N–H and O–H groups in total. The van der Waals surface area contributed by atoms with E-state index in [1.807, 2.05) is 0 Å². The lowest BCUT2D eigenvalue weighted by molar-refractivity contribution is -0.150. The minimum absolute atomic E-state index is 0.172. The molecule has 27 heavy (non-hydrogen) atoms. The molecule has 5 unspecified atom stereocenters. The number of aliphatic hydroxyl groups excluding tert-OH is 3. The van der Waals surface area contributed by atoms with Gasteiger partial charge >= 0.3 is 5.97 Å². The van der Waals surface area contributed by atoms with E-state index >= 15 is 0 Å². The van der Waals surface area contributed by atoms with Crippen molar-refractivity contribution in [3.05, 3.63) is 0 Å². The second-order valence-corrected chi connectivity index (χ2v) is 6.28. The van der Waals surface area contributed by atoms with Crippen molar-refractivity contribution in [3.63, 3.8) is 0 Å². The number of carboxylic acid groups (broad SMARTS) is 1. The van der Waals surface area contributed by atoms with E-state index in [0.29, 0.717) is 6.42 Å². The number of nitrogens with one attached hydrogen (secondary N) is 2. The molecule has 1 fully saturated rings. The molecule has 1 aliphatic rings. The van der Waals surface area contributed by atoms with Crippen molar-refractivity contribution >= 4 is 23.7 Å². The second-order valence-electron chi connectivity index (χ2n) is 6.28. The first-order valence-corrected chi connectivity index (χ1v) is 8.43. The van der Waals surface area contributed by atoms with Crippen molar-refractivity contribution in [2.45, 2.75) is 50.0 Å². The predicted molar refractivity (Wildman–Crippen MR) is 90.1 cm³/mol. The Labute approximate surface area is 155 Å². The van der Waals surface area contributed by atoms with E-state index < -0.39 is 67.2 Å². The highest BCUT2D eigenvalue weighted by Gasteiger charge is 2.38. The number of hydrogen-bond acceptors (Lipinski definition) is 8. The van der Waals surface area contributed by atoms with Gasteiger partial charge in [0.2, 0.25) is 17.7 Å². The van der Waals surface area contributed by atoms with Crippen LogP contribution < -0.4 is 16.4 Å². The third-order valence-electron chi connectivity index (χ3n) is 4.26. The fourth-order valence-electron chi connectivity index (χ4n) is 2.63. The predicted octanol–water partition coefficient (Wildman–Crippen LogP) is -4.28. The number of carbonyl (C=O) groups excluding carboxylic acids is 3. The van der Waals surface area contributed by atoms with Crippen LogP contribution in [-0.2, 0) is 19.2 Å². The molecular weight excluding hydrogens is 364 g/mol. The average Bonchev–Trinajstić information content (AvgIpc) is 3.12. The van der Waals surface area contributed by atoms with Crippen LogP contribution in [0, 0.1) is 0 Å². The van der Waals surface area contributed by atoms with Gasteiger partial charge in [-0.2, -0.15) is 0 Å². The topological polar surface area (TPSA) is 203 Å². The van der Waals surface area contributed by atoms with Gasteiger partial charge in [0, 0.05) is 6.54 Å². The number of rotatable bonds is 9. The van der Waals surface area contributed by atoms with Gasteiger partial charge in [-0.3, -0.25) is 14.4 Å². The smallest absolute Gasteiger partial charge is 0.326 e. The fourth-order valence-corrected chi connectivity index (χ4v) is 2.63. The molecule has 12 nitrogen and oxygen atoms in total. The summed E-state index contributed by atoms with van der Waals surface area (Å²) in [5.41, 5.74) is 5.43. The van der Waals surface area contributed by atoms with E-state index in [9.17, 15) is 34.5 Å². The van der Waals surface area contributed by atoms with E-state index in [0.717, 1.165) is 4.90 Å². The molecule has 0 aromatic carbocycles. The summed E-state index contributed by atoms with van der Waals surface area (Å²) in [5, 5.41) is 41.4. The SMILES string of the molecule is CC(O)C(N)C(=O)NC(CO)C(=O)NC(CO)C(=O)N1CCCC1C(=O)O. The lowest BCUT2D eigenvalue weighted by Gasteiger charge is -2.27. The van der Waals surface area contributed by atoms with Crippen molar-refractivity contribution in [1.29, 1.82) is 0 Å². The van der Waals surface area contributed by atoms with E-state index in [1.54, 1.807) is 0 Å². The van der Waals surface area contributed by atoms with Gasteiger partial charge in [-0.25, -0.2) is 4.79 Å². The van der Waals surface area contributed by atoms with Gasteiger partial charge in [0.15, 0.2) is 0 Å². The van der Waals surface area contributed by atoms with Crippen molar-refractivity contribution in [2.75, 3.05) is 19.8 Å². The number of amides is 3. The van der Waals surface area contributed by atoms with Gasteiger partial charge in [-0.1, -0.05) is 0 Å². The summed E-state index contributed by atoms with van der Waals surface area (Å²) >= 11 is 0. The molecule has 0 bridgehead atoms. The summed E-state index contributed by atoms with van der Waals surface area (Å²) < 4.78 is 0. The fraction of sp³-hybridized carbons (Fsp3) is 0.733. The molecule has 0 aliphatic carbocycles. The minimum atomic E-state index is -1.47. The number of carbonyl (C=O) groups is 4. The van der Waals surface area contributed by atoms with E-state index in [1.165, 1.54) is 6.92 Å². The molecule has 0 radical (unpaired) electrons. The minimum Gasteiger partial charge on any atom is -0.480 e. The van der Waals surface area contributed by atoms with E-state index in [2.05, 4.69) is 10.6 Å². The monoisotopic (exact) mass is 390 g/mol. The highest BCUT2D eigenvalue weighted by Crippen LogP contribution is 2.18. The van der Waals surface area contributed by atoms with Gasteiger partial charge in [-0.15, -0.1) is 0 Å². The molecule has 1 saturated heterocycles. The molecule has 1 aliphatic heterocycles. The van der Waals surface area contributed by atoms with E-state index in [-0.39, 0.29) is 13.0 Å². The zero-order valence-corrected chi connectivity index (χ0v) is 14.9. The maximum Gasteiger partial charge on any atom is 0.326 e. The van der Waals surface area contributed by atoms with Crippen LogP contribution >= 0.6 is 0 Å². The van der Waals surface area contributed by atoms with Crippen LogP contribution in [0.2, 0.25) is 0 Å². The van der Waals surface area contributed by atoms with Crippen molar-refractivity contribution in [3.8, 4) is 0 Å². The van der Waals surface area contributed by atoms with Gasteiger partial charge < -0.3 is 41.7 Å². The largest absolute Gasteiger partial charge is 0.480 e. The zero-order valence-electron chi connectivity index (χ0n) is 14.9. The van der Waals surface area contributed by atoms with Crippen molar-refractivity contribution in [2.24, 2.45) is 5.73 Å². The Morgan fingerprint density at radius 2 is 1.67 bits per heavy atom. The number of aliphatic carboxylic acids is 1. The Balaban J connectivity index is 2.76. The van der Waals surface area contributed by atoms with Crippen LogP contribution in [0.25, 0.3) is 0 Å². The Bertz CT molecular complexity index is 570. The van der Waals surface area contributed by atoms with Crippen LogP contribution in [0.15, 0.2) is 0 Å². The molecule has 1 rings (SSSR count). The number of likely N-dealkylation sites (tertiary alicyclic amines) is 1. The summed E-state index contributed by atoms with van der Waals surface area (Å²) in [7, 11) is 0. The first-order valence-electron chi connectivity index (χ1n) is 8.43. The van der Waals surface area contributed by atoms with Crippen molar-refractivity contribution < 1.29 is 39.6 Å². The zero-order chi connectivity index (χ0) is 20.7. The molecule has 0 aromatic rings. The quantitative estimate of drug-likeness (QED) is 0.203. The van der Waals surface area contributed by atoms with Gasteiger partial charge in [0.25, 0.3) is 0 Å². The number of hydrogen-bond donors (Lipinski definition) is 7. The molecule has 1 heterocycles. The first kappa shape index (κ1) is 22.8. The molecule has 12 heteroatoms. The lowest BCUT2D eigenvalue weighted by atomic mass is 10.1. The summed E-state index contributed by atoms with van der Waals surface area (Å²) in [6.45, 7) is -0.177. The Hall–Kier alpha value is -2.28. The third-order valence-corrected chi connectivity index (χ3v) is 4.26. The standard InChI is InChI=1S/C15H26N4O8/c1-7(22)11(16)13(24)17-8(5-20)12(23)18-9(6-21)14(25)19-4-2-3-10(19)15(26)27/h7-11,20-22H,2-6,16H2,1H3,(H,17,24)(H,18,23)(H,26,27). The number of nitrogens with zero attached hydrogens (tertiary/aromatic N) is 1. The highest BCUT2D eigenvalue weighted by molar-refractivity contribution is 5.94. The second kappa shape index (κ2) is 10.2.